The van der Waals surface area contributed by atoms with Crippen molar-refractivity contribution in [3.05, 3.63) is 70.3 Å². The van der Waals surface area contributed by atoms with Crippen molar-refractivity contribution in [2.75, 3.05) is 10.6 Å². The van der Waals surface area contributed by atoms with E-state index in [1.165, 1.54) is 16.8 Å². The fourth-order valence-electron chi connectivity index (χ4n) is 2.96. The highest BCUT2D eigenvalue weighted by molar-refractivity contribution is 6.04. The van der Waals surface area contributed by atoms with E-state index >= 15 is 0 Å². The van der Waals surface area contributed by atoms with Gasteiger partial charge in [-0.3, -0.25) is 9.59 Å². The second kappa shape index (κ2) is 8.22. The molecule has 8 heteroatoms. The summed E-state index contributed by atoms with van der Waals surface area (Å²) >= 11 is 0. The van der Waals surface area contributed by atoms with Crippen LogP contribution in [0.15, 0.2) is 36.4 Å². The highest BCUT2D eigenvalue weighted by Crippen LogP contribution is 2.20. The van der Waals surface area contributed by atoms with E-state index in [4.69, 9.17) is 0 Å². The van der Waals surface area contributed by atoms with Gasteiger partial charge in [0, 0.05) is 11.4 Å². The first-order valence-corrected chi connectivity index (χ1v) is 9.10. The van der Waals surface area contributed by atoms with Gasteiger partial charge in [0.05, 0.1) is 5.69 Å². The molecule has 0 bridgehead atoms. The lowest BCUT2D eigenvalue weighted by molar-refractivity contribution is -0.117. The fraction of sp³-hybridized carbons (Fsp3) is 0.238. The molecule has 1 aromatic heterocycles. The van der Waals surface area contributed by atoms with Gasteiger partial charge in [0.15, 0.2) is 5.69 Å². The van der Waals surface area contributed by atoms with Crippen molar-refractivity contribution in [3.8, 4) is 0 Å². The summed E-state index contributed by atoms with van der Waals surface area (Å²) in [6, 6.07) is 9.90. The van der Waals surface area contributed by atoms with E-state index in [2.05, 4.69) is 20.9 Å². The Bertz CT molecular complexity index is 1070. The summed E-state index contributed by atoms with van der Waals surface area (Å²) in [6.45, 7) is 7.16. The first-order chi connectivity index (χ1) is 13.8. The third-order valence-corrected chi connectivity index (χ3v) is 4.68. The third kappa shape index (κ3) is 4.48. The Morgan fingerprint density at radius 3 is 2.38 bits per heavy atom. The number of nitrogens with zero attached hydrogens (tertiary/aromatic N) is 3. The van der Waals surface area contributed by atoms with Gasteiger partial charge in [0.1, 0.15) is 12.4 Å². The number of carbonyl (C=O) groups is 2. The quantitative estimate of drug-likeness (QED) is 0.692. The second-order valence-electron chi connectivity index (χ2n) is 6.91. The van der Waals surface area contributed by atoms with Crippen molar-refractivity contribution in [1.82, 2.24) is 15.0 Å². The SMILES string of the molecule is Cc1ccc(F)cc1NC(=O)c1nnn(CC(=O)Nc2c(C)cccc2C)c1C. The van der Waals surface area contributed by atoms with Gasteiger partial charge >= 0.3 is 0 Å². The normalized spacial score (nSPS) is 10.7. The number of nitrogens with one attached hydrogen (secondary N) is 2. The number of aromatic nitrogens is 3. The predicted molar refractivity (Wildman–Crippen MR) is 108 cm³/mol. The number of hydrogen-bond donors (Lipinski definition) is 2. The van der Waals surface area contributed by atoms with Crippen LogP contribution >= 0.6 is 0 Å². The van der Waals surface area contributed by atoms with Gasteiger partial charge in [0.25, 0.3) is 5.91 Å². The van der Waals surface area contributed by atoms with Gasteiger partial charge < -0.3 is 10.6 Å². The van der Waals surface area contributed by atoms with Gasteiger partial charge in [0.2, 0.25) is 5.91 Å². The highest BCUT2D eigenvalue weighted by Gasteiger charge is 2.19. The van der Waals surface area contributed by atoms with Crippen molar-refractivity contribution in [3.63, 3.8) is 0 Å². The molecule has 2 aromatic carbocycles. The van der Waals surface area contributed by atoms with Crippen LogP contribution in [0.1, 0.15) is 32.9 Å². The minimum atomic E-state index is -0.516. The van der Waals surface area contributed by atoms with Crippen molar-refractivity contribution in [1.29, 1.82) is 0 Å². The number of rotatable bonds is 5. The van der Waals surface area contributed by atoms with Crippen LogP contribution in [-0.2, 0) is 11.3 Å². The number of carbonyl (C=O) groups excluding carboxylic acids is 2. The van der Waals surface area contributed by atoms with E-state index in [1.807, 2.05) is 32.0 Å². The van der Waals surface area contributed by atoms with E-state index in [1.54, 1.807) is 19.9 Å². The van der Waals surface area contributed by atoms with Crippen LogP contribution in [0.2, 0.25) is 0 Å². The molecule has 0 saturated heterocycles. The summed E-state index contributed by atoms with van der Waals surface area (Å²) in [6.07, 6.45) is 0. The first kappa shape index (κ1) is 20.2. The number of benzene rings is 2. The van der Waals surface area contributed by atoms with Crippen molar-refractivity contribution < 1.29 is 14.0 Å². The molecule has 1 heterocycles. The molecule has 0 saturated carbocycles. The Kier molecular flexibility index (Phi) is 5.72. The van der Waals surface area contributed by atoms with Crippen LogP contribution in [0.3, 0.4) is 0 Å². The van der Waals surface area contributed by atoms with Crippen LogP contribution < -0.4 is 10.6 Å². The Morgan fingerprint density at radius 1 is 1.00 bits per heavy atom. The number of amides is 2. The average Bonchev–Trinajstić information content (AvgIpc) is 3.02. The molecule has 0 aliphatic rings. The zero-order valence-electron chi connectivity index (χ0n) is 16.7. The zero-order chi connectivity index (χ0) is 21.1. The van der Waals surface area contributed by atoms with Crippen LogP contribution in [0, 0.1) is 33.5 Å². The topological polar surface area (TPSA) is 88.9 Å². The maximum absolute atomic E-state index is 13.4. The van der Waals surface area contributed by atoms with E-state index in [-0.39, 0.29) is 18.1 Å². The highest BCUT2D eigenvalue weighted by atomic mass is 19.1. The van der Waals surface area contributed by atoms with E-state index < -0.39 is 11.7 Å². The summed E-state index contributed by atoms with van der Waals surface area (Å²) in [5.74, 6) is -1.24. The van der Waals surface area contributed by atoms with Crippen LogP contribution in [0.25, 0.3) is 0 Å². The molecule has 2 amide bonds. The largest absolute Gasteiger partial charge is 0.324 e. The van der Waals surface area contributed by atoms with E-state index in [0.29, 0.717) is 11.4 Å². The summed E-state index contributed by atoms with van der Waals surface area (Å²) in [5.41, 5.74) is 4.27. The van der Waals surface area contributed by atoms with Gasteiger partial charge in [-0.1, -0.05) is 29.5 Å². The molecule has 2 N–H and O–H groups in total. The molecule has 7 nitrogen and oxygen atoms in total. The smallest absolute Gasteiger partial charge is 0.278 e. The molecule has 0 fully saturated rings. The Labute approximate surface area is 167 Å². The minimum absolute atomic E-state index is 0.0773. The number of aryl methyl sites for hydroxylation is 3. The summed E-state index contributed by atoms with van der Waals surface area (Å²) in [4.78, 5) is 25.0. The molecule has 0 atom stereocenters. The molecule has 0 radical (unpaired) electrons. The maximum atomic E-state index is 13.4. The van der Waals surface area contributed by atoms with Crippen LogP contribution in [0.5, 0.6) is 0 Å². The van der Waals surface area contributed by atoms with Crippen molar-refractivity contribution in [2.45, 2.75) is 34.2 Å². The molecule has 150 valence electrons. The molecular weight excluding hydrogens is 373 g/mol. The molecule has 3 aromatic rings. The molecule has 29 heavy (non-hydrogen) atoms. The summed E-state index contributed by atoms with van der Waals surface area (Å²) < 4.78 is 14.8. The molecule has 0 spiro atoms. The Hall–Kier alpha value is -3.55. The van der Waals surface area contributed by atoms with Crippen molar-refractivity contribution >= 4 is 23.2 Å². The lowest BCUT2D eigenvalue weighted by atomic mass is 10.1. The Balaban J connectivity index is 1.72. The standard InChI is InChI=1S/C21H22FN5O2/c1-12-8-9-16(22)10-17(12)23-21(29)20-15(4)27(26-25-20)11-18(28)24-19-13(2)6-5-7-14(19)3/h5-10H,11H2,1-4H3,(H,23,29)(H,24,28). The molecule has 0 unspecified atom stereocenters. The fourth-order valence-corrected chi connectivity index (χ4v) is 2.96. The van der Waals surface area contributed by atoms with Gasteiger partial charge in [-0.25, -0.2) is 9.07 Å². The number of anilines is 2. The summed E-state index contributed by atoms with van der Waals surface area (Å²) in [7, 11) is 0. The zero-order valence-corrected chi connectivity index (χ0v) is 16.7. The minimum Gasteiger partial charge on any atom is -0.324 e. The monoisotopic (exact) mass is 395 g/mol. The Morgan fingerprint density at radius 2 is 1.69 bits per heavy atom. The summed E-state index contributed by atoms with van der Waals surface area (Å²) in [5, 5.41) is 13.3. The van der Waals surface area contributed by atoms with Gasteiger partial charge in [-0.05, 0) is 56.5 Å². The van der Waals surface area contributed by atoms with Crippen LogP contribution in [-0.4, -0.2) is 26.8 Å². The van der Waals surface area contributed by atoms with E-state index in [9.17, 15) is 14.0 Å². The number of halogens is 1. The average molecular weight is 395 g/mol. The second-order valence-corrected chi connectivity index (χ2v) is 6.91. The van der Waals surface area contributed by atoms with Crippen LogP contribution in [0.4, 0.5) is 15.8 Å². The number of hydrogen-bond acceptors (Lipinski definition) is 4. The first-order valence-electron chi connectivity index (χ1n) is 9.10. The molecule has 0 aliphatic heterocycles. The lowest BCUT2D eigenvalue weighted by Gasteiger charge is -2.11. The predicted octanol–water partition coefficient (Wildman–Crippen LogP) is 3.54. The third-order valence-electron chi connectivity index (χ3n) is 4.68. The molecular formula is C21H22FN5O2. The molecule has 3 rings (SSSR count). The number of para-hydroxylation sites is 1. The van der Waals surface area contributed by atoms with E-state index in [0.717, 1.165) is 22.4 Å². The molecule has 0 aliphatic carbocycles. The maximum Gasteiger partial charge on any atom is 0.278 e. The van der Waals surface area contributed by atoms with Gasteiger partial charge in [-0.15, -0.1) is 5.10 Å². The van der Waals surface area contributed by atoms with Gasteiger partial charge in [-0.2, -0.15) is 0 Å². The lowest BCUT2D eigenvalue weighted by Crippen LogP contribution is -2.22. The van der Waals surface area contributed by atoms with Crippen molar-refractivity contribution in [2.24, 2.45) is 0 Å².